The Morgan fingerprint density at radius 1 is 1.19 bits per heavy atom. The van der Waals surface area contributed by atoms with Crippen LogP contribution in [-0.4, -0.2) is 61.7 Å². The van der Waals surface area contributed by atoms with Crippen molar-refractivity contribution in [3.05, 3.63) is 77.3 Å². The van der Waals surface area contributed by atoms with E-state index in [1.807, 2.05) is 38.1 Å². The van der Waals surface area contributed by atoms with Gasteiger partial charge in [-0.25, -0.2) is 0 Å². The average Bonchev–Trinajstić information content (AvgIpc) is 3.27. The van der Waals surface area contributed by atoms with Crippen molar-refractivity contribution in [3.63, 3.8) is 0 Å². The standard InChI is InChI=1S/C30H41N5O/c1-8-9-10-27-11-12-28(32-13-14-34(21(2)3)24(6)18-32)20-35(27)30(36)15-22(4)26-16-29-25(7)31-23(5)17-33(29)19-26/h10-12,15-17,19-21,24H,8-9,13-14,18H2,1-7H3. The van der Waals surface area contributed by atoms with E-state index in [0.29, 0.717) is 12.1 Å². The summed E-state index contributed by atoms with van der Waals surface area (Å²) in [6, 6.07) is 3.13. The highest BCUT2D eigenvalue weighted by Crippen LogP contribution is 2.26. The topological polar surface area (TPSA) is 44.1 Å². The van der Waals surface area contributed by atoms with E-state index in [1.165, 1.54) is 0 Å². The van der Waals surface area contributed by atoms with Crippen LogP contribution >= 0.6 is 0 Å². The highest BCUT2D eigenvalue weighted by molar-refractivity contribution is 5.97. The van der Waals surface area contributed by atoms with Gasteiger partial charge in [-0.15, -0.1) is 0 Å². The highest BCUT2D eigenvalue weighted by Gasteiger charge is 2.28. The van der Waals surface area contributed by atoms with Crippen LogP contribution in [0.2, 0.25) is 0 Å². The number of aromatic nitrogens is 2. The van der Waals surface area contributed by atoms with Crippen LogP contribution in [0.4, 0.5) is 0 Å². The maximum atomic E-state index is 13.6. The molecule has 192 valence electrons. The normalized spacial score (nSPS) is 20.7. The minimum Gasteiger partial charge on any atom is -0.367 e. The molecule has 2 aromatic heterocycles. The highest BCUT2D eigenvalue weighted by atomic mass is 16.2. The van der Waals surface area contributed by atoms with Gasteiger partial charge in [0.15, 0.2) is 0 Å². The fourth-order valence-electron chi connectivity index (χ4n) is 5.29. The third-order valence-corrected chi connectivity index (χ3v) is 7.24. The smallest absolute Gasteiger partial charge is 0.255 e. The molecule has 0 aromatic carbocycles. The van der Waals surface area contributed by atoms with Gasteiger partial charge in [0.1, 0.15) is 0 Å². The molecule has 0 bridgehead atoms. The van der Waals surface area contributed by atoms with Crippen LogP contribution in [0.1, 0.15) is 64.4 Å². The summed E-state index contributed by atoms with van der Waals surface area (Å²) >= 11 is 0. The molecule has 36 heavy (non-hydrogen) atoms. The summed E-state index contributed by atoms with van der Waals surface area (Å²) in [5.41, 5.74) is 7.06. The Morgan fingerprint density at radius 3 is 2.67 bits per heavy atom. The Kier molecular flexibility index (Phi) is 7.84. The molecule has 6 heteroatoms. The maximum Gasteiger partial charge on any atom is 0.255 e. The number of amides is 1. The molecule has 2 aromatic rings. The van der Waals surface area contributed by atoms with Gasteiger partial charge in [-0.1, -0.05) is 19.4 Å². The predicted molar refractivity (Wildman–Crippen MR) is 148 cm³/mol. The number of carbonyl (C=O) groups excluding carboxylic acids is 1. The molecule has 1 unspecified atom stereocenters. The summed E-state index contributed by atoms with van der Waals surface area (Å²) in [7, 11) is 0. The van der Waals surface area contributed by atoms with Crippen molar-refractivity contribution in [2.24, 2.45) is 0 Å². The van der Waals surface area contributed by atoms with Gasteiger partial charge >= 0.3 is 0 Å². The summed E-state index contributed by atoms with van der Waals surface area (Å²) in [6.07, 6.45) is 16.3. The molecule has 2 aliphatic heterocycles. The van der Waals surface area contributed by atoms with Gasteiger partial charge in [-0.2, -0.15) is 0 Å². The maximum absolute atomic E-state index is 13.6. The first-order chi connectivity index (χ1) is 17.2. The second-order valence-electron chi connectivity index (χ2n) is 10.5. The van der Waals surface area contributed by atoms with Crippen molar-refractivity contribution >= 4 is 17.0 Å². The van der Waals surface area contributed by atoms with Crippen molar-refractivity contribution in [3.8, 4) is 0 Å². The van der Waals surface area contributed by atoms with Crippen molar-refractivity contribution in [2.75, 3.05) is 19.6 Å². The third-order valence-electron chi connectivity index (χ3n) is 7.24. The van der Waals surface area contributed by atoms with Gasteiger partial charge in [0, 0.05) is 62.1 Å². The SMILES string of the molecule is CCCC=C1C=CC(N2CCN(C(C)C)C(C)C2)=CN1C(=O)C=C(C)c1cc2c(C)nc(C)cn2c1. The van der Waals surface area contributed by atoms with Crippen molar-refractivity contribution < 1.29 is 4.79 Å². The van der Waals surface area contributed by atoms with E-state index in [4.69, 9.17) is 0 Å². The Balaban J connectivity index is 1.60. The van der Waals surface area contributed by atoms with Crippen LogP contribution in [0.25, 0.3) is 11.1 Å². The molecule has 0 spiro atoms. The zero-order valence-corrected chi connectivity index (χ0v) is 23.0. The largest absolute Gasteiger partial charge is 0.367 e. The molecule has 0 N–H and O–H groups in total. The Labute approximate surface area is 216 Å². The van der Waals surface area contributed by atoms with Gasteiger partial charge in [0.05, 0.1) is 22.6 Å². The fourth-order valence-corrected chi connectivity index (χ4v) is 5.29. The Morgan fingerprint density at radius 2 is 1.97 bits per heavy atom. The fraction of sp³-hybridized carbons (Fsp3) is 0.467. The summed E-state index contributed by atoms with van der Waals surface area (Å²) < 4.78 is 2.10. The van der Waals surface area contributed by atoms with Gasteiger partial charge < -0.3 is 9.30 Å². The molecule has 0 aliphatic carbocycles. The molecular formula is C30H41N5O. The average molecular weight is 488 g/mol. The molecule has 0 saturated carbocycles. The summed E-state index contributed by atoms with van der Waals surface area (Å²) in [5.74, 6) is -0.0214. The molecule has 1 saturated heterocycles. The van der Waals surface area contributed by atoms with Crippen LogP contribution in [0.15, 0.2) is 60.4 Å². The van der Waals surface area contributed by atoms with Crippen molar-refractivity contribution in [2.45, 2.75) is 73.4 Å². The first-order valence-electron chi connectivity index (χ1n) is 13.3. The first-order valence-corrected chi connectivity index (χ1v) is 13.3. The minimum absolute atomic E-state index is 0.0214. The zero-order chi connectivity index (χ0) is 26.0. The molecule has 1 atom stereocenters. The lowest BCUT2D eigenvalue weighted by atomic mass is 10.1. The monoisotopic (exact) mass is 487 g/mol. The zero-order valence-electron chi connectivity index (χ0n) is 23.0. The number of aryl methyl sites for hydroxylation is 2. The summed E-state index contributed by atoms with van der Waals surface area (Å²) in [5, 5.41) is 0. The lowest BCUT2D eigenvalue weighted by Crippen LogP contribution is -2.53. The van der Waals surface area contributed by atoms with Crippen LogP contribution in [0, 0.1) is 13.8 Å². The van der Waals surface area contributed by atoms with Crippen LogP contribution in [0.5, 0.6) is 0 Å². The molecule has 6 nitrogen and oxygen atoms in total. The van der Waals surface area contributed by atoms with E-state index in [-0.39, 0.29) is 5.91 Å². The Hall–Kier alpha value is -3.12. The lowest BCUT2D eigenvalue weighted by Gasteiger charge is -2.44. The van der Waals surface area contributed by atoms with Crippen LogP contribution in [0.3, 0.4) is 0 Å². The van der Waals surface area contributed by atoms with E-state index in [0.717, 1.165) is 71.9 Å². The molecule has 0 radical (unpaired) electrons. The quantitative estimate of drug-likeness (QED) is 0.491. The van der Waals surface area contributed by atoms with Gasteiger partial charge in [0.2, 0.25) is 0 Å². The lowest BCUT2D eigenvalue weighted by molar-refractivity contribution is -0.122. The predicted octanol–water partition coefficient (Wildman–Crippen LogP) is 5.69. The number of unbranched alkanes of at least 4 members (excludes halogenated alkanes) is 1. The number of fused-ring (bicyclic) bond motifs is 1. The van der Waals surface area contributed by atoms with Gasteiger partial charge in [-0.05, 0) is 77.3 Å². The molecule has 1 amide bonds. The number of hydrogen-bond donors (Lipinski definition) is 0. The number of rotatable bonds is 6. The van der Waals surface area contributed by atoms with Crippen molar-refractivity contribution in [1.29, 1.82) is 0 Å². The second-order valence-corrected chi connectivity index (χ2v) is 10.5. The number of nitrogens with zero attached hydrogens (tertiary/aromatic N) is 5. The van der Waals surface area contributed by atoms with Crippen LogP contribution in [-0.2, 0) is 4.79 Å². The van der Waals surface area contributed by atoms with E-state index < -0.39 is 0 Å². The first kappa shape index (κ1) is 26.0. The van der Waals surface area contributed by atoms with Crippen molar-refractivity contribution in [1.82, 2.24) is 24.1 Å². The van der Waals surface area contributed by atoms with E-state index in [9.17, 15) is 4.79 Å². The molecular weight excluding hydrogens is 446 g/mol. The molecule has 1 fully saturated rings. The molecule has 2 aliphatic rings. The number of carbonyl (C=O) groups is 1. The third kappa shape index (κ3) is 5.49. The van der Waals surface area contributed by atoms with Gasteiger partial charge in [0.25, 0.3) is 5.91 Å². The number of piperazine rings is 1. The number of allylic oxidation sites excluding steroid dienone is 4. The van der Waals surface area contributed by atoms with Crippen LogP contribution < -0.4 is 0 Å². The summed E-state index contributed by atoms with van der Waals surface area (Å²) in [6.45, 7) is 18.0. The second kappa shape index (κ2) is 10.9. The van der Waals surface area contributed by atoms with E-state index >= 15 is 0 Å². The number of hydrogen-bond acceptors (Lipinski definition) is 4. The van der Waals surface area contributed by atoms with E-state index in [1.54, 1.807) is 6.08 Å². The molecule has 4 heterocycles. The molecule has 4 rings (SSSR count). The van der Waals surface area contributed by atoms with Gasteiger partial charge in [-0.3, -0.25) is 19.6 Å². The summed E-state index contributed by atoms with van der Waals surface area (Å²) in [4.78, 5) is 25.0. The van der Waals surface area contributed by atoms with E-state index in [2.05, 4.69) is 77.4 Å². The minimum atomic E-state index is -0.0214. The Bertz CT molecular complexity index is 1250.